The molecule has 0 radical (unpaired) electrons. The van der Waals surface area contributed by atoms with Crippen LogP contribution < -0.4 is 5.73 Å². The molecule has 0 aliphatic heterocycles. The molecule has 0 saturated heterocycles. The van der Waals surface area contributed by atoms with Crippen molar-refractivity contribution in [3.05, 3.63) is 51.8 Å². The first kappa shape index (κ1) is 13.3. The number of hydrogen-bond donors (Lipinski definition) is 1. The van der Waals surface area contributed by atoms with E-state index in [0.717, 1.165) is 17.3 Å². The second-order valence-electron chi connectivity index (χ2n) is 4.59. The van der Waals surface area contributed by atoms with E-state index in [4.69, 9.17) is 5.73 Å². The molecule has 1 atom stereocenters. The molecular formula is C14H18BrN3. The molecule has 1 aromatic carbocycles. The lowest BCUT2D eigenvalue weighted by Crippen LogP contribution is -2.13. The van der Waals surface area contributed by atoms with Crippen molar-refractivity contribution in [2.75, 3.05) is 0 Å². The summed E-state index contributed by atoms with van der Waals surface area (Å²) in [4.78, 5) is 0. The summed E-state index contributed by atoms with van der Waals surface area (Å²) in [6.07, 6.45) is 3.70. The lowest BCUT2D eigenvalue weighted by molar-refractivity contribution is 0.611. The Morgan fingerprint density at radius 2 is 2.17 bits per heavy atom. The Hall–Kier alpha value is -1.13. The predicted molar refractivity (Wildman–Crippen MR) is 77.3 cm³/mol. The van der Waals surface area contributed by atoms with Gasteiger partial charge in [0, 0.05) is 29.5 Å². The monoisotopic (exact) mass is 307 g/mol. The van der Waals surface area contributed by atoms with Crippen LogP contribution in [0.4, 0.5) is 0 Å². The Bertz CT molecular complexity index is 534. The first-order valence-electron chi connectivity index (χ1n) is 6.06. The van der Waals surface area contributed by atoms with Gasteiger partial charge in [-0.3, -0.25) is 4.68 Å². The molecule has 3 nitrogen and oxygen atoms in total. The number of rotatable bonds is 4. The average Bonchev–Trinajstić information content (AvgIpc) is 2.75. The molecule has 0 aliphatic carbocycles. The molecule has 2 aromatic rings. The zero-order valence-corrected chi connectivity index (χ0v) is 12.3. The van der Waals surface area contributed by atoms with Crippen LogP contribution in [0.5, 0.6) is 0 Å². The van der Waals surface area contributed by atoms with Gasteiger partial charge in [0.25, 0.3) is 0 Å². The first-order valence-corrected chi connectivity index (χ1v) is 6.85. The highest BCUT2D eigenvalue weighted by Crippen LogP contribution is 2.23. The molecule has 0 saturated carbocycles. The number of halogens is 1. The van der Waals surface area contributed by atoms with Crippen molar-refractivity contribution in [1.82, 2.24) is 9.78 Å². The molecule has 1 unspecified atom stereocenters. The van der Waals surface area contributed by atoms with Crippen molar-refractivity contribution in [3.63, 3.8) is 0 Å². The summed E-state index contributed by atoms with van der Waals surface area (Å²) < 4.78 is 2.99. The maximum absolute atomic E-state index is 6.28. The molecule has 96 valence electrons. The number of hydrogen-bond acceptors (Lipinski definition) is 2. The summed E-state index contributed by atoms with van der Waals surface area (Å²) in [7, 11) is 1.96. The van der Waals surface area contributed by atoms with E-state index in [1.165, 1.54) is 16.8 Å². The molecule has 0 spiro atoms. The van der Waals surface area contributed by atoms with E-state index >= 15 is 0 Å². The number of aromatic nitrogens is 2. The molecule has 1 heterocycles. The van der Waals surface area contributed by atoms with Crippen molar-refractivity contribution in [3.8, 4) is 0 Å². The summed E-state index contributed by atoms with van der Waals surface area (Å²) in [6, 6.07) is 8.37. The van der Waals surface area contributed by atoms with E-state index in [-0.39, 0.29) is 6.04 Å². The number of nitrogens with zero attached hydrogens (tertiary/aromatic N) is 2. The van der Waals surface area contributed by atoms with Crippen molar-refractivity contribution in [2.24, 2.45) is 12.8 Å². The van der Waals surface area contributed by atoms with Gasteiger partial charge in [0.05, 0.1) is 0 Å². The van der Waals surface area contributed by atoms with Crippen molar-refractivity contribution < 1.29 is 0 Å². The highest BCUT2D eigenvalue weighted by atomic mass is 79.9. The van der Waals surface area contributed by atoms with Crippen LogP contribution in [0.25, 0.3) is 0 Å². The van der Waals surface area contributed by atoms with Gasteiger partial charge < -0.3 is 5.73 Å². The first-order chi connectivity index (χ1) is 8.58. The van der Waals surface area contributed by atoms with Crippen molar-refractivity contribution in [2.45, 2.75) is 25.8 Å². The Morgan fingerprint density at radius 1 is 1.39 bits per heavy atom. The van der Waals surface area contributed by atoms with Gasteiger partial charge >= 0.3 is 0 Å². The molecule has 0 amide bonds. The van der Waals surface area contributed by atoms with Gasteiger partial charge in [0.1, 0.15) is 0 Å². The van der Waals surface area contributed by atoms with Gasteiger partial charge in [-0.2, -0.15) is 5.10 Å². The van der Waals surface area contributed by atoms with Gasteiger partial charge in [-0.15, -0.1) is 0 Å². The summed E-state index contributed by atoms with van der Waals surface area (Å²) >= 11 is 3.50. The minimum atomic E-state index is 0.0670. The van der Waals surface area contributed by atoms with Crippen LogP contribution in [-0.4, -0.2) is 9.78 Å². The molecule has 0 fully saturated rings. The van der Waals surface area contributed by atoms with E-state index < -0.39 is 0 Å². The van der Waals surface area contributed by atoms with Crippen LogP contribution >= 0.6 is 15.9 Å². The van der Waals surface area contributed by atoms with E-state index in [2.05, 4.69) is 40.1 Å². The lowest BCUT2D eigenvalue weighted by atomic mass is 9.98. The lowest BCUT2D eigenvalue weighted by Gasteiger charge is -2.15. The zero-order valence-electron chi connectivity index (χ0n) is 10.7. The van der Waals surface area contributed by atoms with Crippen LogP contribution in [0.15, 0.2) is 34.9 Å². The van der Waals surface area contributed by atoms with E-state index in [1.807, 2.05) is 30.1 Å². The second kappa shape index (κ2) is 5.67. The molecule has 2 N–H and O–H groups in total. The smallest absolute Gasteiger partial charge is 0.0492 e. The molecule has 0 aliphatic rings. The predicted octanol–water partition coefficient (Wildman–Crippen LogP) is 3.12. The van der Waals surface area contributed by atoms with Crippen LogP contribution in [0.3, 0.4) is 0 Å². The number of nitrogens with two attached hydrogens (primary N) is 1. The quantitative estimate of drug-likeness (QED) is 0.943. The fourth-order valence-electron chi connectivity index (χ4n) is 2.12. The fraction of sp³-hybridized carbons (Fsp3) is 0.357. The fourth-order valence-corrected chi connectivity index (χ4v) is 2.50. The number of benzene rings is 1. The standard InChI is InChI=1S/C14H18BrN3/c1-10-3-4-11(15)9-13(10)14(16)6-5-12-7-8-17-18(12)2/h3-4,7-9,14H,5-6,16H2,1-2H3. The topological polar surface area (TPSA) is 43.8 Å². The van der Waals surface area contributed by atoms with Crippen LogP contribution in [0.2, 0.25) is 0 Å². The molecule has 2 rings (SSSR count). The number of aryl methyl sites for hydroxylation is 3. The van der Waals surface area contributed by atoms with E-state index in [0.29, 0.717) is 0 Å². The van der Waals surface area contributed by atoms with E-state index in [9.17, 15) is 0 Å². The van der Waals surface area contributed by atoms with Crippen LogP contribution in [0.1, 0.15) is 29.3 Å². The normalized spacial score (nSPS) is 12.7. The Kier molecular flexibility index (Phi) is 4.19. The average molecular weight is 308 g/mol. The Labute approximate surface area is 116 Å². The minimum absolute atomic E-state index is 0.0670. The summed E-state index contributed by atoms with van der Waals surface area (Å²) in [6.45, 7) is 2.10. The third-order valence-electron chi connectivity index (χ3n) is 3.27. The molecule has 4 heteroatoms. The summed E-state index contributed by atoms with van der Waals surface area (Å²) in [5.74, 6) is 0. The van der Waals surface area contributed by atoms with Crippen LogP contribution in [0, 0.1) is 6.92 Å². The van der Waals surface area contributed by atoms with Crippen molar-refractivity contribution >= 4 is 15.9 Å². The molecular weight excluding hydrogens is 290 g/mol. The minimum Gasteiger partial charge on any atom is -0.324 e. The van der Waals surface area contributed by atoms with Gasteiger partial charge in [-0.05, 0) is 49.1 Å². The van der Waals surface area contributed by atoms with Crippen LogP contribution in [-0.2, 0) is 13.5 Å². The third-order valence-corrected chi connectivity index (χ3v) is 3.77. The largest absolute Gasteiger partial charge is 0.324 e. The summed E-state index contributed by atoms with van der Waals surface area (Å²) in [5.41, 5.74) is 9.96. The second-order valence-corrected chi connectivity index (χ2v) is 5.51. The highest BCUT2D eigenvalue weighted by molar-refractivity contribution is 9.10. The maximum Gasteiger partial charge on any atom is 0.0492 e. The highest BCUT2D eigenvalue weighted by Gasteiger charge is 2.10. The van der Waals surface area contributed by atoms with Gasteiger partial charge in [0.15, 0.2) is 0 Å². The third kappa shape index (κ3) is 3.00. The Balaban J connectivity index is 2.06. The SMILES string of the molecule is Cc1ccc(Br)cc1C(N)CCc1ccnn1C. The Morgan fingerprint density at radius 3 is 2.83 bits per heavy atom. The van der Waals surface area contributed by atoms with Gasteiger partial charge in [-0.25, -0.2) is 0 Å². The maximum atomic E-state index is 6.28. The van der Waals surface area contributed by atoms with Gasteiger partial charge in [-0.1, -0.05) is 22.0 Å². The summed E-state index contributed by atoms with van der Waals surface area (Å²) in [5, 5.41) is 4.17. The van der Waals surface area contributed by atoms with Crippen molar-refractivity contribution in [1.29, 1.82) is 0 Å². The molecule has 18 heavy (non-hydrogen) atoms. The zero-order chi connectivity index (χ0) is 13.1. The molecule has 0 bridgehead atoms. The van der Waals surface area contributed by atoms with Gasteiger partial charge in [0.2, 0.25) is 0 Å². The molecule has 1 aromatic heterocycles. The van der Waals surface area contributed by atoms with E-state index in [1.54, 1.807) is 0 Å².